The van der Waals surface area contributed by atoms with E-state index in [-0.39, 0.29) is 22.5 Å². The highest BCUT2D eigenvalue weighted by Crippen LogP contribution is 2.55. The molecule has 4 bridgehead atoms. The van der Waals surface area contributed by atoms with Gasteiger partial charge in [0, 0.05) is 5.54 Å². The topological polar surface area (TPSA) is 85.8 Å². The Hall–Kier alpha value is -2.09. The quantitative estimate of drug-likeness (QED) is 0.578. The zero-order valence-corrected chi connectivity index (χ0v) is 17.3. The first-order valence-electron chi connectivity index (χ1n) is 10.4. The second kappa shape index (κ2) is 7.00. The maximum absolute atomic E-state index is 14.1. The Balaban J connectivity index is 1.28. The first-order valence-corrected chi connectivity index (χ1v) is 11.2. The molecule has 4 fully saturated rings. The normalized spacial score (nSPS) is 31.0. The number of nitrogen functional groups attached to an aromatic ring is 1. The van der Waals surface area contributed by atoms with Gasteiger partial charge in [0.05, 0.1) is 10.8 Å². The van der Waals surface area contributed by atoms with Crippen molar-refractivity contribution in [3.63, 3.8) is 0 Å². The van der Waals surface area contributed by atoms with Crippen molar-refractivity contribution in [2.24, 2.45) is 17.8 Å². The van der Waals surface area contributed by atoms with Crippen LogP contribution in [-0.2, 0) is 4.79 Å². The minimum Gasteiger partial charge on any atom is -0.350 e. The Morgan fingerprint density at radius 1 is 1.21 bits per heavy atom. The number of hydrogen-bond acceptors (Lipinski definition) is 5. The van der Waals surface area contributed by atoms with E-state index in [1.54, 1.807) is 18.2 Å². The average molecular weight is 416 g/mol. The van der Waals surface area contributed by atoms with Crippen LogP contribution in [0.4, 0.5) is 4.39 Å². The number of thioether (sulfide) groups is 1. The van der Waals surface area contributed by atoms with Crippen molar-refractivity contribution in [1.29, 1.82) is 0 Å². The van der Waals surface area contributed by atoms with E-state index in [0.29, 0.717) is 10.7 Å². The molecule has 1 atom stereocenters. The number of nitrogens with two attached hydrogens (primary N) is 1. The van der Waals surface area contributed by atoms with Gasteiger partial charge in [0.2, 0.25) is 11.1 Å². The molecule has 0 spiro atoms. The molecule has 0 radical (unpaired) electrons. The number of carbonyl (C=O) groups is 1. The zero-order chi connectivity index (χ0) is 20.2. The molecule has 6 nitrogen and oxygen atoms in total. The van der Waals surface area contributed by atoms with Gasteiger partial charge >= 0.3 is 0 Å². The Morgan fingerprint density at radius 2 is 1.83 bits per heavy atom. The van der Waals surface area contributed by atoms with Crippen molar-refractivity contribution >= 4 is 17.7 Å². The zero-order valence-electron chi connectivity index (χ0n) is 16.5. The van der Waals surface area contributed by atoms with Gasteiger partial charge in [-0.1, -0.05) is 23.9 Å². The third kappa shape index (κ3) is 3.41. The summed E-state index contributed by atoms with van der Waals surface area (Å²) in [5, 5.41) is 11.6. The lowest BCUT2D eigenvalue weighted by Gasteiger charge is -2.57. The molecular formula is C21H26FN5OS. The van der Waals surface area contributed by atoms with Gasteiger partial charge in [-0.05, 0) is 75.3 Å². The Morgan fingerprint density at radius 3 is 2.45 bits per heavy atom. The molecule has 4 aliphatic rings. The van der Waals surface area contributed by atoms with E-state index in [1.807, 2.05) is 6.92 Å². The van der Waals surface area contributed by atoms with Gasteiger partial charge in [0.25, 0.3) is 0 Å². The summed E-state index contributed by atoms with van der Waals surface area (Å²) in [7, 11) is 0. The lowest BCUT2D eigenvalue weighted by Crippen LogP contribution is -2.60. The number of benzene rings is 1. The van der Waals surface area contributed by atoms with Crippen molar-refractivity contribution in [3.05, 3.63) is 30.1 Å². The smallest absolute Gasteiger partial charge is 0.233 e. The van der Waals surface area contributed by atoms with Crippen molar-refractivity contribution in [3.8, 4) is 11.4 Å². The number of nitrogens with zero attached hydrogens (tertiary/aromatic N) is 3. The molecule has 0 unspecified atom stereocenters. The fourth-order valence-electron chi connectivity index (χ4n) is 6.02. The van der Waals surface area contributed by atoms with E-state index < -0.39 is 5.82 Å². The molecule has 0 saturated heterocycles. The minimum atomic E-state index is -0.407. The summed E-state index contributed by atoms with van der Waals surface area (Å²) in [4.78, 5) is 13.0. The molecule has 154 valence electrons. The summed E-state index contributed by atoms with van der Waals surface area (Å²) in [5.41, 5.74) is 0.273. The summed E-state index contributed by atoms with van der Waals surface area (Å²) in [5.74, 6) is 8.31. The molecule has 1 amide bonds. The van der Waals surface area contributed by atoms with Gasteiger partial charge in [-0.3, -0.25) is 4.79 Å². The second-order valence-corrected chi connectivity index (χ2v) is 10.4. The maximum Gasteiger partial charge on any atom is 0.233 e. The average Bonchev–Trinajstić information content (AvgIpc) is 3.01. The molecule has 8 heteroatoms. The molecule has 4 aliphatic carbocycles. The number of aromatic nitrogens is 3. The van der Waals surface area contributed by atoms with E-state index in [2.05, 4.69) is 15.5 Å². The van der Waals surface area contributed by atoms with Crippen LogP contribution in [0.2, 0.25) is 0 Å². The second-order valence-electron chi connectivity index (χ2n) is 9.10. The van der Waals surface area contributed by atoms with E-state index in [0.717, 1.165) is 37.0 Å². The molecule has 3 N–H and O–H groups in total. The molecule has 0 aliphatic heterocycles. The lowest BCUT2D eigenvalue weighted by atomic mass is 9.53. The molecule has 1 heterocycles. The summed E-state index contributed by atoms with van der Waals surface area (Å²) in [6, 6.07) is 6.31. The lowest BCUT2D eigenvalue weighted by molar-refractivity contribution is -0.126. The number of nitrogens with one attached hydrogen (secondary N) is 1. The molecule has 1 aromatic carbocycles. The number of halogens is 1. The largest absolute Gasteiger partial charge is 0.350 e. The Labute approximate surface area is 173 Å². The number of rotatable bonds is 5. The van der Waals surface area contributed by atoms with Crippen molar-refractivity contribution < 1.29 is 9.18 Å². The SMILES string of the molecule is C[C@@H](Sc1nnc(-c2ccccc2F)n1N)C(=O)NC12CC3CC(CC(C3)C1)C2. The summed E-state index contributed by atoms with van der Waals surface area (Å²) in [6.07, 6.45) is 7.38. The van der Waals surface area contributed by atoms with Gasteiger partial charge in [-0.25, -0.2) is 9.07 Å². The molecular weight excluding hydrogens is 389 g/mol. The Bertz CT molecular complexity index is 910. The van der Waals surface area contributed by atoms with E-state index >= 15 is 0 Å². The van der Waals surface area contributed by atoms with Crippen molar-refractivity contribution in [2.75, 3.05) is 5.84 Å². The fourth-order valence-corrected chi connectivity index (χ4v) is 6.79. The Kier molecular flexibility index (Phi) is 4.57. The summed E-state index contributed by atoms with van der Waals surface area (Å²) >= 11 is 1.26. The van der Waals surface area contributed by atoms with Gasteiger partial charge in [0.1, 0.15) is 5.82 Å². The fraction of sp³-hybridized carbons (Fsp3) is 0.571. The maximum atomic E-state index is 14.1. The number of carbonyl (C=O) groups excluding carboxylic acids is 1. The van der Waals surface area contributed by atoms with Gasteiger partial charge in [-0.2, -0.15) is 0 Å². The minimum absolute atomic E-state index is 0.0185. The van der Waals surface area contributed by atoms with E-state index in [1.165, 1.54) is 41.8 Å². The number of hydrogen-bond donors (Lipinski definition) is 2. The predicted octanol–water partition coefficient (Wildman–Crippen LogP) is 3.36. The van der Waals surface area contributed by atoms with Gasteiger partial charge < -0.3 is 11.2 Å². The van der Waals surface area contributed by atoms with Crippen LogP contribution >= 0.6 is 11.8 Å². The van der Waals surface area contributed by atoms with Crippen LogP contribution in [0.3, 0.4) is 0 Å². The third-order valence-electron chi connectivity index (χ3n) is 6.86. The molecule has 29 heavy (non-hydrogen) atoms. The summed E-state index contributed by atoms with van der Waals surface area (Å²) < 4.78 is 15.3. The van der Waals surface area contributed by atoms with Crippen LogP contribution in [0.25, 0.3) is 11.4 Å². The molecule has 1 aromatic heterocycles. The first-order chi connectivity index (χ1) is 13.9. The van der Waals surface area contributed by atoms with Crippen LogP contribution in [0.1, 0.15) is 45.4 Å². The number of amides is 1. The van der Waals surface area contributed by atoms with E-state index in [9.17, 15) is 9.18 Å². The highest BCUT2D eigenvalue weighted by Gasteiger charge is 2.51. The standard InChI is InChI=1S/C21H26FN5OS/c1-12(19(28)24-21-9-13-6-14(10-21)8-15(7-13)11-21)29-20-26-25-18(27(20)23)16-4-2-3-5-17(16)22/h2-5,12-15H,6-11,23H2,1H3,(H,24,28)/t12-,13?,14?,15?,21?/m1/s1. The van der Waals surface area contributed by atoms with Gasteiger partial charge in [0.15, 0.2) is 5.82 Å². The van der Waals surface area contributed by atoms with Crippen LogP contribution in [0.5, 0.6) is 0 Å². The summed E-state index contributed by atoms with van der Waals surface area (Å²) in [6.45, 7) is 1.86. The molecule has 6 rings (SSSR count). The highest BCUT2D eigenvalue weighted by molar-refractivity contribution is 8.00. The highest BCUT2D eigenvalue weighted by atomic mass is 32.2. The van der Waals surface area contributed by atoms with E-state index in [4.69, 9.17) is 5.84 Å². The first kappa shape index (κ1) is 18.9. The van der Waals surface area contributed by atoms with Crippen LogP contribution in [0.15, 0.2) is 29.4 Å². The predicted molar refractivity (Wildman–Crippen MR) is 110 cm³/mol. The van der Waals surface area contributed by atoms with Crippen LogP contribution in [0, 0.1) is 23.6 Å². The third-order valence-corrected chi connectivity index (χ3v) is 7.91. The van der Waals surface area contributed by atoms with Crippen molar-refractivity contribution in [2.45, 2.75) is 61.4 Å². The van der Waals surface area contributed by atoms with Crippen molar-refractivity contribution in [1.82, 2.24) is 20.2 Å². The molecule has 4 saturated carbocycles. The van der Waals surface area contributed by atoms with Crippen LogP contribution < -0.4 is 11.2 Å². The monoisotopic (exact) mass is 415 g/mol. The molecule has 2 aromatic rings. The van der Waals surface area contributed by atoms with Crippen LogP contribution in [-0.4, -0.2) is 31.6 Å². The van der Waals surface area contributed by atoms with Gasteiger partial charge in [-0.15, -0.1) is 10.2 Å².